The maximum absolute atomic E-state index is 13.4. The lowest BCUT2D eigenvalue weighted by Gasteiger charge is -2.27. The van der Waals surface area contributed by atoms with Crippen LogP contribution in [0, 0.1) is 12.7 Å². The van der Waals surface area contributed by atoms with E-state index in [0.717, 1.165) is 5.56 Å². The van der Waals surface area contributed by atoms with Crippen LogP contribution in [0.1, 0.15) is 21.8 Å². The normalized spacial score (nSPS) is 15.1. The Hall–Kier alpha value is -2.90. The van der Waals surface area contributed by atoms with E-state index in [2.05, 4.69) is 15.8 Å². The van der Waals surface area contributed by atoms with Crippen LogP contribution in [0.25, 0.3) is 0 Å². The van der Waals surface area contributed by atoms with Gasteiger partial charge in [0, 0.05) is 25.7 Å². The second-order valence-corrected chi connectivity index (χ2v) is 5.95. The molecule has 1 saturated heterocycles. The Balaban J connectivity index is 1.70. The summed E-state index contributed by atoms with van der Waals surface area (Å²) >= 11 is 0. The van der Waals surface area contributed by atoms with Gasteiger partial charge in [0.05, 0.1) is 6.04 Å². The predicted molar refractivity (Wildman–Crippen MR) is 87.6 cm³/mol. The van der Waals surface area contributed by atoms with Gasteiger partial charge in [0.2, 0.25) is 0 Å². The lowest BCUT2D eigenvalue weighted by molar-refractivity contribution is 0.0931. The molecule has 1 aromatic heterocycles. The van der Waals surface area contributed by atoms with E-state index in [1.165, 1.54) is 12.1 Å². The number of hydrogen-bond donors (Lipinski definition) is 2. The fourth-order valence-electron chi connectivity index (χ4n) is 2.84. The van der Waals surface area contributed by atoms with Gasteiger partial charge in [0.25, 0.3) is 5.91 Å². The molecule has 1 aromatic carbocycles. The number of rotatable bonds is 6. The van der Waals surface area contributed by atoms with Crippen molar-refractivity contribution < 1.29 is 18.5 Å². The SMILES string of the molecule is Cc1cc(C(=O)NC[C@H](Cc2cccc(F)c2)N2CCNC2=O)no1. The smallest absolute Gasteiger partial charge is 0.317 e. The molecule has 3 rings (SSSR count). The van der Waals surface area contributed by atoms with Gasteiger partial charge in [-0.15, -0.1) is 0 Å². The van der Waals surface area contributed by atoms with Crippen molar-refractivity contribution in [3.05, 3.63) is 53.2 Å². The molecule has 1 atom stereocenters. The molecule has 1 aliphatic heterocycles. The van der Waals surface area contributed by atoms with Crippen molar-refractivity contribution in [2.24, 2.45) is 0 Å². The summed E-state index contributed by atoms with van der Waals surface area (Å²) in [6.45, 7) is 3.02. The van der Waals surface area contributed by atoms with Gasteiger partial charge in [0.1, 0.15) is 11.6 Å². The molecule has 3 amide bonds. The van der Waals surface area contributed by atoms with Crippen LogP contribution in [-0.2, 0) is 6.42 Å². The maximum atomic E-state index is 13.4. The maximum Gasteiger partial charge on any atom is 0.317 e. The molecule has 1 aliphatic rings. The van der Waals surface area contributed by atoms with Gasteiger partial charge in [-0.2, -0.15) is 0 Å². The van der Waals surface area contributed by atoms with Crippen LogP contribution in [0.5, 0.6) is 0 Å². The van der Waals surface area contributed by atoms with Gasteiger partial charge in [-0.25, -0.2) is 9.18 Å². The number of aromatic nitrogens is 1. The Morgan fingerprint density at radius 3 is 2.96 bits per heavy atom. The van der Waals surface area contributed by atoms with Crippen molar-refractivity contribution >= 4 is 11.9 Å². The van der Waals surface area contributed by atoms with Crippen LogP contribution in [0.15, 0.2) is 34.9 Å². The molecule has 2 heterocycles. The van der Waals surface area contributed by atoms with Crippen LogP contribution < -0.4 is 10.6 Å². The molecular weight excluding hydrogens is 327 g/mol. The zero-order valence-corrected chi connectivity index (χ0v) is 13.8. The highest BCUT2D eigenvalue weighted by Crippen LogP contribution is 2.13. The summed E-state index contributed by atoms with van der Waals surface area (Å²) in [4.78, 5) is 25.8. The van der Waals surface area contributed by atoms with E-state index >= 15 is 0 Å². The van der Waals surface area contributed by atoms with Crippen LogP contribution >= 0.6 is 0 Å². The minimum absolute atomic E-state index is 0.187. The van der Waals surface area contributed by atoms with Gasteiger partial charge < -0.3 is 20.1 Å². The minimum Gasteiger partial charge on any atom is -0.361 e. The van der Waals surface area contributed by atoms with Gasteiger partial charge >= 0.3 is 6.03 Å². The van der Waals surface area contributed by atoms with Crippen LogP contribution in [0.2, 0.25) is 0 Å². The summed E-state index contributed by atoms with van der Waals surface area (Å²) in [6.07, 6.45) is 0.434. The Morgan fingerprint density at radius 1 is 1.48 bits per heavy atom. The monoisotopic (exact) mass is 346 g/mol. The highest BCUT2D eigenvalue weighted by atomic mass is 19.1. The molecule has 2 aromatic rings. The summed E-state index contributed by atoms with van der Waals surface area (Å²) in [5.41, 5.74) is 0.948. The third-order valence-electron chi connectivity index (χ3n) is 4.05. The predicted octanol–water partition coefficient (Wildman–Crippen LogP) is 1.49. The Labute approximate surface area is 144 Å². The molecule has 0 spiro atoms. The second-order valence-electron chi connectivity index (χ2n) is 5.95. The number of carbonyl (C=O) groups excluding carboxylic acids is 2. The van der Waals surface area contributed by atoms with E-state index in [1.807, 2.05) is 0 Å². The van der Waals surface area contributed by atoms with Crippen LogP contribution in [0.4, 0.5) is 9.18 Å². The quantitative estimate of drug-likeness (QED) is 0.830. The van der Waals surface area contributed by atoms with E-state index in [4.69, 9.17) is 4.52 Å². The lowest BCUT2D eigenvalue weighted by Crippen LogP contribution is -2.46. The molecule has 1 fully saturated rings. The molecular formula is C17H19FN4O3. The standard InChI is InChI=1S/C17H19FN4O3/c1-11-7-15(21-25-11)16(23)20-10-14(22-6-5-19-17(22)24)9-12-3-2-4-13(18)8-12/h2-4,7-8,14H,5-6,9-10H2,1H3,(H,19,24)(H,20,23)/t14-/m0/s1. The first-order valence-corrected chi connectivity index (χ1v) is 8.03. The number of benzene rings is 1. The number of aryl methyl sites for hydroxylation is 1. The first-order chi connectivity index (χ1) is 12.0. The van der Waals surface area contributed by atoms with Crippen molar-refractivity contribution in [2.45, 2.75) is 19.4 Å². The zero-order valence-electron chi connectivity index (χ0n) is 13.8. The Kier molecular flexibility index (Phi) is 4.97. The summed E-state index contributed by atoms with van der Waals surface area (Å²) in [6, 6.07) is 7.29. The molecule has 7 nitrogen and oxygen atoms in total. The lowest BCUT2D eigenvalue weighted by atomic mass is 10.0. The van der Waals surface area contributed by atoms with Crippen molar-refractivity contribution in [2.75, 3.05) is 19.6 Å². The van der Waals surface area contributed by atoms with Crippen molar-refractivity contribution in [3.63, 3.8) is 0 Å². The zero-order chi connectivity index (χ0) is 17.8. The van der Waals surface area contributed by atoms with Crippen LogP contribution in [0.3, 0.4) is 0 Å². The average Bonchev–Trinajstić information content (AvgIpc) is 3.20. The molecule has 0 aliphatic carbocycles. The Bertz CT molecular complexity index is 777. The first kappa shape index (κ1) is 16.9. The Morgan fingerprint density at radius 2 is 2.32 bits per heavy atom. The largest absolute Gasteiger partial charge is 0.361 e. The van der Waals surface area contributed by atoms with Crippen molar-refractivity contribution in [1.82, 2.24) is 20.7 Å². The molecule has 25 heavy (non-hydrogen) atoms. The van der Waals surface area contributed by atoms with Gasteiger partial charge in [-0.3, -0.25) is 4.79 Å². The number of amides is 3. The highest BCUT2D eigenvalue weighted by molar-refractivity contribution is 5.92. The van der Waals surface area contributed by atoms with Crippen LogP contribution in [-0.4, -0.2) is 47.7 Å². The molecule has 8 heteroatoms. The third-order valence-corrected chi connectivity index (χ3v) is 4.05. The summed E-state index contributed by atoms with van der Waals surface area (Å²) in [5, 5.41) is 9.18. The number of carbonyl (C=O) groups is 2. The first-order valence-electron chi connectivity index (χ1n) is 8.03. The fraction of sp³-hybridized carbons (Fsp3) is 0.353. The van der Waals surface area contributed by atoms with E-state index in [9.17, 15) is 14.0 Å². The number of nitrogens with zero attached hydrogens (tertiary/aromatic N) is 2. The summed E-state index contributed by atoms with van der Waals surface area (Å²) in [7, 11) is 0. The van der Waals surface area contributed by atoms with Gasteiger partial charge in [0.15, 0.2) is 5.69 Å². The number of hydrogen-bond acceptors (Lipinski definition) is 4. The van der Waals surface area contributed by atoms with Gasteiger partial charge in [-0.1, -0.05) is 17.3 Å². The molecule has 132 valence electrons. The molecule has 0 bridgehead atoms. The molecule has 0 unspecified atom stereocenters. The average molecular weight is 346 g/mol. The van der Waals surface area contributed by atoms with E-state index in [0.29, 0.717) is 25.3 Å². The highest BCUT2D eigenvalue weighted by Gasteiger charge is 2.28. The summed E-state index contributed by atoms with van der Waals surface area (Å²) in [5.74, 6) is -0.162. The van der Waals surface area contributed by atoms with Crippen molar-refractivity contribution in [3.8, 4) is 0 Å². The topological polar surface area (TPSA) is 87.5 Å². The molecule has 0 radical (unpaired) electrons. The number of halogens is 1. The number of urea groups is 1. The van der Waals surface area contributed by atoms with E-state index in [1.54, 1.807) is 30.0 Å². The van der Waals surface area contributed by atoms with E-state index in [-0.39, 0.29) is 36.0 Å². The third kappa shape index (κ3) is 4.14. The van der Waals surface area contributed by atoms with Crippen molar-refractivity contribution in [1.29, 1.82) is 0 Å². The molecule has 0 saturated carbocycles. The fourth-order valence-corrected chi connectivity index (χ4v) is 2.84. The second kappa shape index (κ2) is 7.33. The number of nitrogens with one attached hydrogen (secondary N) is 2. The summed E-state index contributed by atoms with van der Waals surface area (Å²) < 4.78 is 18.3. The van der Waals surface area contributed by atoms with Gasteiger partial charge in [-0.05, 0) is 31.0 Å². The molecule has 2 N–H and O–H groups in total. The minimum atomic E-state index is -0.374. The van der Waals surface area contributed by atoms with E-state index < -0.39 is 0 Å².